The van der Waals surface area contributed by atoms with Gasteiger partial charge in [0.2, 0.25) is 0 Å². The van der Waals surface area contributed by atoms with Crippen LogP contribution in [0.15, 0.2) is 23.5 Å². The number of phenols is 1. The van der Waals surface area contributed by atoms with Crippen LogP contribution >= 0.6 is 0 Å². The number of ether oxygens (including phenoxy) is 2. The Hall–Kier alpha value is -2.25. The summed E-state index contributed by atoms with van der Waals surface area (Å²) < 4.78 is 12.2. The number of amides is 1. The van der Waals surface area contributed by atoms with Gasteiger partial charge in [0.25, 0.3) is 5.91 Å². The number of carbonyl (C=O) groups excluding carboxylic acids is 1. The van der Waals surface area contributed by atoms with E-state index in [-0.39, 0.29) is 24.1 Å². The average Bonchev–Trinajstić information content (AvgIpc) is 3.52. The minimum atomic E-state index is -1.17. The summed E-state index contributed by atoms with van der Waals surface area (Å²) in [7, 11) is 1.57. The SMILES string of the molecule is CCCNC(=O)C1=C(OC)[C@@H]2Oc3c(O)ccc4c3[C@@]23CCN(CC2CC2)[C@H](C4)[C@]3(O)C1. The van der Waals surface area contributed by atoms with Crippen molar-refractivity contribution in [3.63, 3.8) is 0 Å². The van der Waals surface area contributed by atoms with Gasteiger partial charge >= 0.3 is 0 Å². The number of likely N-dealkylation sites (tertiary alicyclic amines) is 1. The number of phenolic OH excluding ortho intramolecular Hbond substituents is 1. The second-order valence-corrected chi connectivity index (χ2v) is 10.2. The van der Waals surface area contributed by atoms with Crippen LogP contribution in [-0.2, 0) is 21.4 Å². The predicted molar refractivity (Wildman–Crippen MR) is 118 cm³/mol. The Kier molecular flexibility index (Phi) is 4.37. The highest BCUT2D eigenvalue weighted by Gasteiger charge is 2.73. The number of aromatic hydroxyl groups is 1. The smallest absolute Gasteiger partial charge is 0.250 e. The van der Waals surface area contributed by atoms with Crippen LogP contribution in [0.1, 0.15) is 50.2 Å². The van der Waals surface area contributed by atoms with E-state index in [0.29, 0.717) is 42.4 Å². The Bertz CT molecular complexity index is 1020. The highest BCUT2D eigenvalue weighted by atomic mass is 16.5. The first-order chi connectivity index (χ1) is 15.4. The fourth-order valence-electron chi connectivity index (χ4n) is 6.92. The maximum Gasteiger partial charge on any atom is 0.250 e. The molecule has 6 rings (SSSR count). The van der Waals surface area contributed by atoms with Crippen molar-refractivity contribution in [2.75, 3.05) is 26.7 Å². The average molecular weight is 441 g/mol. The Morgan fingerprint density at radius 2 is 2.19 bits per heavy atom. The number of nitrogens with one attached hydrogen (secondary N) is 1. The molecule has 5 aliphatic rings. The number of piperidine rings is 1. The van der Waals surface area contributed by atoms with Gasteiger partial charge in [-0.15, -0.1) is 0 Å². The molecule has 1 saturated heterocycles. The molecular formula is C25H32N2O5. The third-order valence-corrected chi connectivity index (χ3v) is 8.52. The summed E-state index contributed by atoms with van der Waals surface area (Å²) in [6.45, 7) is 4.44. The number of hydrogen-bond donors (Lipinski definition) is 3. The standard InChI is InChI=1S/C25H32N2O5/c1-3-9-26-23(29)16-12-25(30)18-11-15-6-7-17(28)21-19(15)24(25,22(32-21)20(16)31-2)8-10-27(18)13-14-4-5-14/h6-7,14,18,22,28,30H,3-5,8-13H2,1-2H3,(H,26,29)/t18-,22+,24+,25-/m1/s1. The largest absolute Gasteiger partial charge is 0.504 e. The first kappa shape index (κ1) is 20.4. The van der Waals surface area contributed by atoms with Crippen molar-refractivity contribution in [2.24, 2.45) is 5.92 Å². The van der Waals surface area contributed by atoms with Gasteiger partial charge in [0.1, 0.15) is 5.76 Å². The van der Waals surface area contributed by atoms with Crippen molar-refractivity contribution in [1.82, 2.24) is 10.2 Å². The van der Waals surface area contributed by atoms with Crippen LogP contribution in [0.2, 0.25) is 0 Å². The van der Waals surface area contributed by atoms with Crippen molar-refractivity contribution >= 4 is 5.91 Å². The summed E-state index contributed by atoms with van der Waals surface area (Å²) in [5.74, 6) is 1.53. The van der Waals surface area contributed by atoms with Crippen LogP contribution in [0.4, 0.5) is 0 Å². The fourth-order valence-corrected chi connectivity index (χ4v) is 6.92. The van der Waals surface area contributed by atoms with Crippen LogP contribution in [0, 0.1) is 5.92 Å². The molecule has 3 N–H and O–H groups in total. The maximum atomic E-state index is 13.2. The number of methoxy groups -OCH3 is 1. The second kappa shape index (κ2) is 6.87. The maximum absolute atomic E-state index is 13.2. The topological polar surface area (TPSA) is 91.3 Å². The molecule has 0 radical (unpaired) electrons. The molecule has 2 heterocycles. The molecule has 2 aliphatic heterocycles. The highest BCUT2D eigenvalue weighted by molar-refractivity contribution is 5.95. The van der Waals surface area contributed by atoms with Gasteiger partial charge in [0.05, 0.1) is 23.7 Å². The number of rotatable bonds is 6. The van der Waals surface area contributed by atoms with E-state index in [2.05, 4.69) is 10.2 Å². The van der Waals surface area contributed by atoms with Crippen molar-refractivity contribution in [2.45, 2.75) is 68.6 Å². The lowest BCUT2D eigenvalue weighted by atomic mass is 9.49. The molecule has 2 fully saturated rings. The van der Waals surface area contributed by atoms with E-state index in [1.165, 1.54) is 12.8 Å². The fraction of sp³-hybridized carbons (Fsp3) is 0.640. The van der Waals surface area contributed by atoms with E-state index in [1.807, 2.05) is 13.0 Å². The summed E-state index contributed by atoms with van der Waals surface area (Å²) in [5.41, 5.74) is 0.634. The molecule has 4 atom stereocenters. The van der Waals surface area contributed by atoms with Crippen LogP contribution in [0.25, 0.3) is 0 Å². The van der Waals surface area contributed by atoms with Crippen molar-refractivity contribution in [1.29, 1.82) is 0 Å². The number of benzene rings is 1. The van der Waals surface area contributed by atoms with E-state index in [0.717, 1.165) is 30.6 Å². The van der Waals surface area contributed by atoms with Crippen LogP contribution < -0.4 is 10.1 Å². The van der Waals surface area contributed by atoms with Gasteiger partial charge in [0, 0.05) is 31.1 Å². The molecule has 0 aromatic heterocycles. The minimum absolute atomic E-state index is 0.0844. The van der Waals surface area contributed by atoms with Crippen molar-refractivity contribution < 1.29 is 24.5 Å². The Morgan fingerprint density at radius 3 is 2.91 bits per heavy atom. The van der Waals surface area contributed by atoms with Crippen molar-refractivity contribution in [3.8, 4) is 11.5 Å². The molecule has 2 bridgehead atoms. The zero-order valence-corrected chi connectivity index (χ0v) is 18.8. The number of aliphatic hydroxyl groups is 1. The molecule has 1 saturated carbocycles. The zero-order chi connectivity index (χ0) is 22.3. The lowest BCUT2D eigenvalue weighted by Gasteiger charge is -2.62. The molecule has 1 aromatic rings. The first-order valence-corrected chi connectivity index (χ1v) is 12.0. The van der Waals surface area contributed by atoms with Gasteiger partial charge in [-0.05, 0) is 56.2 Å². The molecule has 1 spiro atoms. The summed E-state index contributed by atoms with van der Waals surface area (Å²) in [6, 6.07) is 3.57. The van der Waals surface area contributed by atoms with Crippen molar-refractivity contribution in [3.05, 3.63) is 34.6 Å². The minimum Gasteiger partial charge on any atom is -0.504 e. The Morgan fingerprint density at radius 1 is 1.38 bits per heavy atom. The predicted octanol–water partition coefficient (Wildman–Crippen LogP) is 1.99. The third-order valence-electron chi connectivity index (χ3n) is 8.52. The summed E-state index contributed by atoms with van der Waals surface area (Å²) in [6.07, 6.45) is 4.34. The molecule has 7 heteroatoms. The summed E-state index contributed by atoms with van der Waals surface area (Å²) >= 11 is 0. The van der Waals surface area contributed by atoms with Gasteiger partial charge in [-0.3, -0.25) is 9.69 Å². The molecule has 172 valence electrons. The molecular weight excluding hydrogens is 408 g/mol. The number of carbonyl (C=O) groups is 1. The highest BCUT2D eigenvalue weighted by Crippen LogP contribution is 2.66. The lowest BCUT2D eigenvalue weighted by molar-refractivity contribution is -0.173. The molecule has 3 aliphatic carbocycles. The van der Waals surface area contributed by atoms with Gasteiger partial charge in [0.15, 0.2) is 17.6 Å². The van der Waals surface area contributed by atoms with Crippen LogP contribution in [0.3, 0.4) is 0 Å². The molecule has 1 amide bonds. The normalized spacial score (nSPS) is 34.7. The van der Waals surface area contributed by atoms with Gasteiger partial charge in [-0.2, -0.15) is 0 Å². The van der Waals surface area contributed by atoms with Gasteiger partial charge < -0.3 is 25.0 Å². The van der Waals surface area contributed by atoms with Crippen LogP contribution in [0.5, 0.6) is 11.5 Å². The van der Waals surface area contributed by atoms with E-state index in [4.69, 9.17) is 9.47 Å². The molecule has 7 nitrogen and oxygen atoms in total. The number of nitrogens with zero attached hydrogens (tertiary/aromatic N) is 1. The third kappa shape index (κ3) is 2.47. The first-order valence-electron chi connectivity index (χ1n) is 12.0. The zero-order valence-electron chi connectivity index (χ0n) is 18.8. The summed E-state index contributed by atoms with van der Waals surface area (Å²) in [5, 5.41) is 26.2. The Balaban J connectivity index is 1.54. The van der Waals surface area contributed by atoms with Gasteiger partial charge in [-0.25, -0.2) is 0 Å². The van der Waals surface area contributed by atoms with Gasteiger partial charge in [-0.1, -0.05) is 13.0 Å². The van der Waals surface area contributed by atoms with E-state index < -0.39 is 17.1 Å². The lowest BCUT2D eigenvalue weighted by Crippen LogP contribution is -2.76. The molecule has 32 heavy (non-hydrogen) atoms. The number of hydrogen-bond acceptors (Lipinski definition) is 6. The van der Waals surface area contributed by atoms with Crippen LogP contribution in [-0.4, -0.2) is 65.5 Å². The van der Waals surface area contributed by atoms with E-state index >= 15 is 0 Å². The quantitative estimate of drug-likeness (QED) is 0.627. The van der Waals surface area contributed by atoms with E-state index in [1.54, 1.807) is 13.2 Å². The Labute approximate surface area is 188 Å². The monoisotopic (exact) mass is 440 g/mol. The second-order valence-electron chi connectivity index (χ2n) is 10.2. The molecule has 0 unspecified atom stereocenters. The van der Waals surface area contributed by atoms with E-state index in [9.17, 15) is 15.0 Å². The molecule has 1 aromatic carbocycles. The summed E-state index contributed by atoms with van der Waals surface area (Å²) in [4.78, 5) is 15.6.